The fraction of sp³-hybridized carbons (Fsp3) is 0.389. The number of aryl methyl sites for hydroxylation is 2. The molecule has 0 spiro atoms. The predicted octanol–water partition coefficient (Wildman–Crippen LogP) is 2.62. The lowest BCUT2D eigenvalue weighted by Gasteiger charge is -2.08. The zero-order valence-corrected chi connectivity index (χ0v) is 15.0. The maximum Gasteiger partial charge on any atom is 0.338 e. The third-order valence-electron chi connectivity index (χ3n) is 3.67. The molecule has 134 valence electrons. The van der Waals surface area contributed by atoms with Gasteiger partial charge in [-0.1, -0.05) is 6.92 Å². The quantitative estimate of drug-likeness (QED) is 0.780. The minimum absolute atomic E-state index is 0.360. The number of hydrogen-bond donors (Lipinski definition) is 1. The molecule has 0 fully saturated rings. The van der Waals surface area contributed by atoms with Gasteiger partial charge in [-0.3, -0.25) is 9.48 Å². The van der Waals surface area contributed by atoms with Crippen LogP contribution in [-0.2, 0) is 16.6 Å². The van der Waals surface area contributed by atoms with Crippen molar-refractivity contribution in [3.8, 4) is 5.75 Å². The van der Waals surface area contributed by atoms with Crippen LogP contribution in [0.2, 0.25) is 0 Å². The fourth-order valence-corrected chi connectivity index (χ4v) is 2.25. The first-order chi connectivity index (χ1) is 11.9. The topological polar surface area (TPSA) is 82.4 Å². The van der Waals surface area contributed by atoms with Gasteiger partial charge >= 0.3 is 5.97 Å². The second-order valence-electron chi connectivity index (χ2n) is 5.67. The number of nitrogens with zero attached hydrogens (tertiary/aromatic N) is 2. The van der Waals surface area contributed by atoms with Gasteiger partial charge in [-0.15, -0.1) is 0 Å². The molecule has 0 atom stereocenters. The van der Waals surface area contributed by atoms with Crippen LogP contribution >= 0.6 is 0 Å². The molecule has 7 heteroatoms. The monoisotopic (exact) mass is 345 g/mol. The molecule has 1 aromatic carbocycles. The Morgan fingerprint density at radius 3 is 2.44 bits per heavy atom. The van der Waals surface area contributed by atoms with Crippen molar-refractivity contribution in [2.24, 2.45) is 7.05 Å². The van der Waals surface area contributed by atoms with Crippen molar-refractivity contribution in [1.29, 1.82) is 0 Å². The molecule has 7 nitrogen and oxygen atoms in total. The lowest BCUT2D eigenvalue weighted by molar-refractivity contribution is -0.119. The van der Waals surface area contributed by atoms with Crippen molar-refractivity contribution in [3.05, 3.63) is 41.2 Å². The number of carbonyl (C=O) groups is 2. The number of rotatable bonds is 7. The molecule has 1 aromatic heterocycles. The molecule has 0 bridgehead atoms. The lowest BCUT2D eigenvalue weighted by Crippen LogP contribution is -2.21. The Balaban J connectivity index is 1.87. The molecular weight excluding hydrogens is 322 g/mol. The highest BCUT2D eigenvalue weighted by Crippen LogP contribution is 2.18. The first kappa shape index (κ1) is 18.5. The number of esters is 1. The highest BCUT2D eigenvalue weighted by molar-refractivity contribution is 5.96. The molecule has 0 aliphatic heterocycles. The summed E-state index contributed by atoms with van der Waals surface area (Å²) in [5.41, 5.74) is 2.55. The fourth-order valence-electron chi connectivity index (χ4n) is 2.25. The van der Waals surface area contributed by atoms with Crippen LogP contribution in [0.3, 0.4) is 0 Å². The molecule has 0 saturated carbocycles. The second-order valence-corrected chi connectivity index (χ2v) is 5.67. The molecule has 2 aromatic rings. The van der Waals surface area contributed by atoms with Gasteiger partial charge in [-0.2, -0.15) is 5.10 Å². The predicted molar refractivity (Wildman–Crippen MR) is 93.8 cm³/mol. The van der Waals surface area contributed by atoms with Crippen molar-refractivity contribution < 1.29 is 19.1 Å². The lowest BCUT2D eigenvalue weighted by atomic mass is 10.2. The van der Waals surface area contributed by atoms with Crippen LogP contribution in [0, 0.1) is 13.8 Å². The van der Waals surface area contributed by atoms with E-state index >= 15 is 0 Å². The van der Waals surface area contributed by atoms with Gasteiger partial charge in [-0.25, -0.2) is 4.79 Å². The van der Waals surface area contributed by atoms with E-state index in [2.05, 4.69) is 10.4 Å². The molecule has 0 saturated heterocycles. The van der Waals surface area contributed by atoms with Crippen molar-refractivity contribution >= 4 is 17.6 Å². The minimum atomic E-state index is -0.558. The second kappa shape index (κ2) is 8.32. The van der Waals surface area contributed by atoms with Gasteiger partial charge in [0.1, 0.15) is 5.75 Å². The van der Waals surface area contributed by atoms with Crippen LogP contribution in [-0.4, -0.2) is 34.9 Å². The number of hydrogen-bond acceptors (Lipinski definition) is 5. The van der Waals surface area contributed by atoms with E-state index < -0.39 is 11.9 Å². The highest BCUT2D eigenvalue weighted by Gasteiger charge is 2.14. The summed E-state index contributed by atoms with van der Waals surface area (Å²) in [6.07, 6.45) is 0.911. The molecule has 0 unspecified atom stereocenters. The molecule has 0 aliphatic carbocycles. The molecular formula is C18H23N3O4. The van der Waals surface area contributed by atoms with Crippen molar-refractivity contribution in [1.82, 2.24) is 9.78 Å². The number of anilines is 1. The summed E-state index contributed by atoms with van der Waals surface area (Å²) >= 11 is 0. The highest BCUT2D eigenvalue weighted by atomic mass is 16.5. The molecule has 25 heavy (non-hydrogen) atoms. The molecule has 1 heterocycles. The Labute approximate surface area is 146 Å². The van der Waals surface area contributed by atoms with Crippen LogP contribution in [0.4, 0.5) is 5.69 Å². The number of carbonyl (C=O) groups excluding carboxylic acids is 2. The summed E-state index contributed by atoms with van der Waals surface area (Å²) in [5.74, 6) is -0.272. The molecule has 1 amide bonds. The van der Waals surface area contributed by atoms with E-state index in [-0.39, 0.29) is 6.61 Å². The van der Waals surface area contributed by atoms with Crippen LogP contribution in [0.5, 0.6) is 5.75 Å². The van der Waals surface area contributed by atoms with E-state index in [1.54, 1.807) is 42.9 Å². The van der Waals surface area contributed by atoms with E-state index in [0.29, 0.717) is 29.3 Å². The molecule has 0 radical (unpaired) electrons. The van der Waals surface area contributed by atoms with Gasteiger partial charge in [-0.05, 0) is 44.5 Å². The Kier molecular flexibility index (Phi) is 6.16. The Morgan fingerprint density at radius 1 is 1.20 bits per heavy atom. The number of nitrogens with one attached hydrogen (secondary N) is 1. The number of aromatic nitrogens is 2. The van der Waals surface area contributed by atoms with Crippen molar-refractivity contribution in [3.63, 3.8) is 0 Å². The van der Waals surface area contributed by atoms with Crippen LogP contribution in [0.15, 0.2) is 24.3 Å². The van der Waals surface area contributed by atoms with Gasteiger partial charge in [0.15, 0.2) is 6.61 Å². The van der Waals surface area contributed by atoms with Crippen LogP contribution in [0.1, 0.15) is 35.1 Å². The van der Waals surface area contributed by atoms with Gasteiger partial charge in [0, 0.05) is 7.05 Å². The summed E-state index contributed by atoms with van der Waals surface area (Å²) in [4.78, 5) is 24.0. The zero-order chi connectivity index (χ0) is 18.4. The van der Waals surface area contributed by atoms with Crippen LogP contribution < -0.4 is 10.1 Å². The van der Waals surface area contributed by atoms with Gasteiger partial charge in [0.05, 0.1) is 29.2 Å². The number of ether oxygens (including phenoxy) is 2. The first-order valence-corrected chi connectivity index (χ1v) is 8.12. The largest absolute Gasteiger partial charge is 0.494 e. The summed E-state index contributed by atoms with van der Waals surface area (Å²) in [6.45, 7) is 5.93. The SMILES string of the molecule is CCCOc1ccc(C(=O)OCC(=O)Nc2c(C)nn(C)c2C)cc1. The smallest absolute Gasteiger partial charge is 0.338 e. The average molecular weight is 345 g/mol. The third-order valence-corrected chi connectivity index (χ3v) is 3.67. The number of benzene rings is 1. The summed E-state index contributed by atoms with van der Waals surface area (Å²) in [7, 11) is 1.80. The van der Waals surface area contributed by atoms with Gasteiger partial charge in [0.25, 0.3) is 5.91 Å². The van der Waals surface area contributed by atoms with E-state index in [9.17, 15) is 9.59 Å². The van der Waals surface area contributed by atoms with E-state index in [0.717, 1.165) is 12.1 Å². The third kappa shape index (κ3) is 4.82. The van der Waals surface area contributed by atoms with Crippen molar-refractivity contribution in [2.45, 2.75) is 27.2 Å². The summed E-state index contributed by atoms with van der Waals surface area (Å²) < 4.78 is 12.2. The molecule has 1 N–H and O–H groups in total. The zero-order valence-electron chi connectivity index (χ0n) is 15.0. The van der Waals surface area contributed by atoms with Crippen LogP contribution in [0.25, 0.3) is 0 Å². The normalized spacial score (nSPS) is 10.4. The maximum atomic E-state index is 12.0. The Bertz CT molecular complexity index is 750. The standard InChI is InChI=1S/C18H23N3O4/c1-5-10-24-15-8-6-14(7-9-15)18(23)25-11-16(22)19-17-12(2)20-21(4)13(17)3/h6-9H,5,10-11H2,1-4H3,(H,19,22). The van der Waals surface area contributed by atoms with E-state index in [4.69, 9.17) is 9.47 Å². The average Bonchev–Trinajstić information content (AvgIpc) is 2.84. The molecule has 2 rings (SSSR count). The van der Waals surface area contributed by atoms with Crippen molar-refractivity contribution in [2.75, 3.05) is 18.5 Å². The van der Waals surface area contributed by atoms with E-state index in [1.807, 2.05) is 13.8 Å². The Morgan fingerprint density at radius 2 is 1.88 bits per heavy atom. The number of amides is 1. The Hall–Kier alpha value is -2.83. The van der Waals surface area contributed by atoms with Gasteiger partial charge < -0.3 is 14.8 Å². The summed E-state index contributed by atoms with van der Waals surface area (Å²) in [5, 5.41) is 6.94. The summed E-state index contributed by atoms with van der Waals surface area (Å²) in [6, 6.07) is 6.63. The minimum Gasteiger partial charge on any atom is -0.494 e. The van der Waals surface area contributed by atoms with Gasteiger partial charge in [0.2, 0.25) is 0 Å². The molecule has 0 aliphatic rings. The van der Waals surface area contributed by atoms with E-state index in [1.165, 1.54) is 0 Å². The first-order valence-electron chi connectivity index (χ1n) is 8.12. The maximum absolute atomic E-state index is 12.0.